The lowest BCUT2D eigenvalue weighted by molar-refractivity contribution is 0.146. The van der Waals surface area contributed by atoms with Gasteiger partial charge in [-0.1, -0.05) is 36.4 Å². The summed E-state index contributed by atoms with van der Waals surface area (Å²) in [7, 11) is 0. The first-order chi connectivity index (χ1) is 10.6. The highest BCUT2D eigenvalue weighted by atomic mass is 19.3. The van der Waals surface area contributed by atoms with Crippen molar-refractivity contribution in [3.8, 4) is 0 Å². The molecule has 0 radical (unpaired) electrons. The number of cyclic esters (lactones) is 1. The Kier molecular flexibility index (Phi) is 4.00. The van der Waals surface area contributed by atoms with Crippen molar-refractivity contribution < 1.29 is 18.3 Å². The number of hydrogen-bond acceptors (Lipinski definition) is 3. The van der Waals surface area contributed by atoms with Crippen molar-refractivity contribution in [2.45, 2.75) is 18.9 Å². The summed E-state index contributed by atoms with van der Waals surface area (Å²) < 4.78 is 30.6. The van der Waals surface area contributed by atoms with Gasteiger partial charge in [-0.2, -0.15) is 0 Å². The van der Waals surface area contributed by atoms with Gasteiger partial charge >= 0.3 is 6.09 Å². The summed E-state index contributed by atoms with van der Waals surface area (Å²) in [5.74, 6) is 0.196. The Bertz CT molecular complexity index is 664. The first kappa shape index (κ1) is 14.4. The van der Waals surface area contributed by atoms with Crippen LogP contribution in [0.3, 0.4) is 0 Å². The number of nitrogens with zero attached hydrogens (tertiary/aromatic N) is 2. The number of anilines is 1. The third-order valence-corrected chi connectivity index (χ3v) is 3.50. The number of carbonyl (C=O) groups excluding carboxylic acids is 1. The normalized spacial score (nSPS) is 17.9. The Morgan fingerprint density at radius 2 is 1.95 bits per heavy atom. The van der Waals surface area contributed by atoms with Crippen LogP contribution in [0.1, 0.15) is 17.7 Å². The minimum atomic E-state index is -2.67. The molecule has 1 saturated heterocycles. The van der Waals surface area contributed by atoms with Gasteiger partial charge in [0, 0.05) is 0 Å². The molecule has 3 rings (SSSR count). The van der Waals surface area contributed by atoms with Gasteiger partial charge in [0.2, 0.25) is 0 Å². The van der Waals surface area contributed by atoms with Gasteiger partial charge in [0.1, 0.15) is 18.1 Å². The number of carbonyl (C=O) groups is 1. The van der Waals surface area contributed by atoms with Crippen LogP contribution < -0.4 is 4.90 Å². The number of benzene rings is 1. The Balaban J connectivity index is 1.86. The Morgan fingerprint density at radius 1 is 1.18 bits per heavy atom. The summed E-state index contributed by atoms with van der Waals surface area (Å²) in [6.45, 7) is 0.217. The molecule has 1 aliphatic heterocycles. The SMILES string of the molecule is O=C1OC[C@@H](Cc2ccccc2)N1c1cccc(C(F)F)n1. The fraction of sp³-hybridized carbons (Fsp3) is 0.250. The molecule has 22 heavy (non-hydrogen) atoms. The first-order valence-corrected chi connectivity index (χ1v) is 6.90. The van der Waals surface area contributed by atoms with Crippen LogP contribution >= 0.6 is 0 Å². The van der Waals surface area contributed by atoms with Crippen molar-refractivity contribution in [2.75, 3.05) is 11.5 Å². The molecule has 0 aliphatic carbocycles. The van der Waals surface area contributed by atoms with E-state index in [4.69, 9.17) is 4.74 Å². The predicted octanol–water partition coefficient (Wildman–Crippen LogP) is 3.59. The molecule has 4 nitrogen and oxygen atoms in total. The van der Waals surface area contributed by atoms with E-state index >= 15 is 0 Å². The molecule has 114 valence electrons. The number of pyridine rings is 1. The van der Waals surface area contributed by atoms with Gasteiger partial charge in [-0.15, -0.1) is 0 Å². The highest BCUT2D eigenvalue weighted by Gasteiger charge is 2.35. The number of ether oxygens (including phenoxy) is 1. The smallest absolute Gasteiger partial charge is 0.415 e. The van der Waals surface area contributed by atoms with E-state index in [0.717, 1.165) is 5.56 Å². The molecule has 0 spiro atoms. The molecule has 0 bridgehead atoms. The Morgan fingerprint density at radius 3 is 2.68 bits per heavy atom. The summed E-state index contributed by atoms with van der Waals surface area (Å²) >= 11 is 0. The minimum absolute atomic E-state index is 0.196. The van der Waals surface area contributed by atoms with Crippen LogP contribution in [0.25, 0.3) is 0 Å². The maximum atomic E-state index is 12.8. The van der Waals surface area contributed by atoms with E-state index < -0.39 is 12.5 Å². The first-order valence-electron chi connectivity index (χ1n) is 6.90. The molecule has 6 heteroatoms. The third kappa shape index (κ3) is 2.90. The maximum Gasteiger partial charge on any atom is 0.415 e. The average molecular weight is 304 g/mol. The van der Waals surface area contributed by atoms with E-state index in [9.17, 15) is 13.6 Å². The Labute approximate surface area is 126 Å². The number of halogens is 2. The molecular formula is C16H14F2N2O2. The van der Waals surface area contributed by atoms with Gasteiger partial charge in [-0.25, -0.2) is 18.6 Å². The second kappa shape index (κ2) is 6.09. The largest absolute Gasteiger partial charge is 0.447 e. The molecule has 1 fully saturated rings. The fourth-order valence-corrected chi connectivity index (χ4v) is 2.47. The Hall–Kier alpha value is -2.50. The van der Waals surface area contributed by atoms with Crippen molar-refractivity contribution in [2.24, 2.45) is 0 Å². The molecule has 0 unspecified atom stereocenters. The van der Waals surface area contributed by atoms with Crippen LogP contribution in [0.15, 0.2) is 48.5 Å². The van der Waals surface area contributed by atoms with Crippen LogP contribution in [0, 0.1) is 0 Å². The molecule has 0 N–H and O–H groups in total. The summed E-state index contributed by atoms with van der Waals surface area (Å²) in [6.07, 6.45) is -2.65. The van der Waals surface area contributed by atoms with Crippen LogP contribution in [0.4, 0.5) is 19.4 Å². The zero-order chi connectivity index (χ0) is 15.5. The maximum absolute atomic E-state index is 12.8. The van der Waals surface area contributed by atoms with Crippen LogP contribution in [0.5, 0.6) is 0 Å². The van der Waals surface area contributed by atoms with E-state index in [1.807, 2.05) is 30.3 Å². The van der Waals surface area contributed by atoms with E-state index in [1.165, 1.54) is 23.1 Å². The molecule has 1 aliphatic rings. The summed E-state index contributed by atoms with van der Waals surface area (Å²) in [5, 5.41) is 0. The van der Waals surface area contributed by atoms with Gasteiger partial charge in [-0.05, 0) is 24.1 Å². The molecule has 2 aromatic rings. The third-order valence-electron chi connectivity index (χ3n) is 3.50. The summed E-state index contributed by atoms with van der Waals surface area (Å²) in [4.78, 5) is 17.2. The number of aromatic nitrogens is 1. The second-order valence-corrected chi connectivity index (χ2v) is 5.01. The molecule has 1 atom stereocenters. The van der Waals surface area contributed by atoms with Crippen molar-refractivity contribution in [1.82, 2.24) is 4.98 Å². The second-order valence-electron chi connectivity index (χ2n) is 5.01. The number of amides is 1. The quantitative estimate of drug-likeness (QED) is 0.867. The van der Waals surface area contributed by atoms with Gasteiger partial charge < -0.3 is 4.74 Å². The zero-order valence-electron chi connectivity index (χ0n) is 11.7. The highest BCUT2D eigenvalue weighted by Crippen LogP contribution is 2.26. The van der Waals surface area contributed by atoms with Crippen molar-refractivity contribution >= 4 is 11.9 Å². The predicted molar refractivity (Wildman–Crippen MR) is 77.0 cm³/mol. The molecular weight excluding hydrogens is 290 g/mol. The van der Waals surface area contributed by atoms with E-state index in [1.54, 1.807) is 0 Å². The van der Waals surface area contributed by atoms with E-state index in [-0.39, 0.29) is 24.2 Å². The van der Waals surface area contributed by atoms with Crippen molar-refractivity contribution in [1.29, 1.82) is 0 Å². The molecule has 1 amide bonds. The molecule has 1 aromatic heterocycles. The zero-order valence-corrected chi connectivity index (χ0v) is 11.7. The van der Waals surface area contributed by atoms with Crippen LogP contribution in [0.2, 0.25) is 0 Å². The number of hydrogen-bond donors (Lipinski definition) is 0. The van der Waals surface area contributed by atoms with Gasteiger partial charge in [0.05, 0.1) is 6.04 Å². The van der Waals surface area contributed by atoms with E-state index in [2.05, 4.69) is 4.98 Å². The lowest BCUT2D eigenvalue weighted by atomic mass is 10.1. The van der Waals surface area contributed by atoms with Crippen molar-refractivity contribution in [3.05, 3.63) is 59.8 Å². The highest BCUT2D eigenvalue weighted by molar-refractivity contribution is 5.89. The lowest BCUT2D eigenvalue weighted by Crippen LogP contribution is -2.35. The number of alkyl halides is 2. The monoisotopic (exact) mass is 304 g/mol. The van der Waals surface area contributed by atoms with Crippen molar-refractivity contribution in [3.63, 3.8) is 0 Å². The molecule has 2 heterocycles. The molecule has 0 saturated carbocycles. The summed E-state index contributed by atoms with van der Waals surface area (Å²) in [5.41, 5.74) is 0.691. The number of rotatable bonds is 4. The standard InChI is InChI=1S/C16H14F2N2O2/c17-15(18)13-7-4-8-14(19-13)20-12(10-22-16(20)21)9-11-5-2-1-3-6-11/h1-8,12,15H,9-10H2/t12-/m1/s1. The topological polar surface area (TPSA) is 42.4 Å². The summed E-state index contributed by atoms with van der Waals surface area (Å²) in [6, 6.07) is 13.6. The van der Waals surface area contributed by atoms with Gasteiger partial charge in [-0.3, -0.25) is 4.90 Å². The minimum Gasteiger partial charge on any atom is -0.447 e. The fourth-order valence-electron chi connectivity index (χ4n) is 2.47. The lowest BCUT2D eigenvalue weighted by Gasteiger charge is -2.21. The van der Waals surface area contributed by atoms with Crippen LogP contribution in [-0.2, 0) is 11.2 Å². The van der Waals surface area contributed by atoms with E-state index in [0.29, 0.717) is 6.42 Å². The van der Waals surface area contributed by atoms with Gasteiger partial charge in [0.25, 0.3) is 6.43 Å². The van der Waals surface area contributed by atoms with Crippen LogP contribution in [-0.4, -0.2) is 23.7 Å². The van der Waals surface area contributed by atoms with Gasteiger partial charge in [0.15, 0.2) is 0 Å². The molecule has 1 aromatic carbocycles. The average Bonchev–Trinajstić information content (AvgIpc) is 2.89.